The van der Waals surface area contributed by atoms with Gasteiger partial charge >= 0.3 is 0 Å². The minimum absolute atomic E-state index is 0.820. The van der Waals surface area contributed by atoms with Crippen molar-refractivity contribution in [1.82, 2.24) is 0 Å². The lowest BCUT2D eigenvalue weighted by Gasteiger charge is -2.19. The summed E-state index contributed by atoms with van der Waals surface area (Å²) in [5, 5.41) is 0. The maximum Gasteiger partial charge on any atom is 0.0311 e. The molecule has 1 saturated carbocycles. The summed E-state index contributed by atoms with van der Waals surface area (Å²) < 4.78 is 0. The van der Waals surface area contributed by atoms with Gasteiger partial charge in [-0.25, -0.2) is 0 Å². The molecule has 0 spiro atoms. The van der Waals surface area contributed by atoms with Crippen LogP contribution in [0.2, 0.25) is 11.6 Å². The molecule has 0 unspecified atom stereocenters. The summed E-state index contributed by atoms with van der Waals surface area (Å²) in [4.78, 5) is 0. The molecule has 1 rings (SSSR count). The molecule has 0 aliphatic heterocycles. The molecule has 0 nitrogen and oxygen atoms in total. The van der Waals surface area contributed by atoms with Crippen molar-refractivity contribution >= 4 is 9.52 Å². The van der Waals surface area contributed by atoms with Gasteiger partial charge in [0, 0.05) is 9.52 Å². The molecule has 1 aliphatic rings. The van der Waals surface area contributed by atoms with Gasteiger partial charge in [0.05, 0.1) is 0 Å². The van der Waals surface area contributed by atoms with Gasteiger partial charge in [0.25, 0.3) is 0 Å². The van der Waals surface area contributed by atoms with E-state index in [0.29, 0.717) is 0 Å². The van der Waals surface area contributed by atoms with Crippen molar-refractivity contribution < 1.29 is 0 Å². The van der Waals surface area contributed by atoms with E-state index in [1.54, 1.807) is 12.8 Å². The van der Waals surface area contributed by atoms with Crippen LogP contribution in [0, 0.1) is 0 Å². The molecular formula is C8H17Si. The summed E-state index contributed by atoms with van der Waals surface area (Å²) in [5.74, 6) is 0. The van der Waals surface area contributed by atoms with Crippen LogP contribution in [-0.4, -0.2) is 9.52 Å². The number of hydrogen-bond donors (Lipinski definition) is 0. The lowest BCUT2D eigenvalue weighted by atomic mass is 10.0. The fourth-order valence-corrected chi connectivity index (χ4v) is 3.31. The largest absolute Gasteiger partial charge is 0.0682 e. The SMILES string of the molecule is CC[SiH]C1CCCCC1. The molecule has 1 fully saturated rings. The molecule has 1 heteroatoms. The summed E-state index contributed by atoms with van der Waals surface area (Å²) in [6.07, 6.45) is 7.68. The Morgan fingerprint density at radius 2 is 1.89 bits per heavy atom. The summed E-state index contributed by atoms with van der Waals surface area (Å²) in [7, 11) is 0.820. The lowest BCUT2D eigenvalue weighted by Crippen LogP contribution is -2.06. The van der Waals surface area contributed by atoms with Crippen LogP contribution >= 0.6 is 0 Å². The van der Waals surface area contributed by atoms with Crippen molar-refractivity contribution in [3.05, 3.63) is 0 Å². The van der Waals surface area contributed by atoms with E-state index in [9.17, 15) is 0 Å². The summed E-state index contributed by atoms with van der Waals surface area (Å²) in [6.45, 7) is 2.34. The van der Waals surface area contributed by atoms with Gasteiger partial charge in [0.2, 0.25) is 0 Å². The first-order valence-corrected chi connectivity index (χ1v) is 5.75. The zero-order valence-corrected chi connectivity index (χ0v) is 7.55. The molecular weight excluding hydrogens is 124 g/mol. The third kappa shape index (κ3) is 2.52. The molecule has 0 amide bonds. The van der Waals surface area contributed by atoms with E-state index in [0.717, 1.165) is 9.52 Å². The third-order valence-corrected chi connectivity index (χ3v) is 4.02. The summed E-state index contributed by atoms with van der Waals surface area (Å²) >= 11 is 0. The van der Waals surface area contributed by atoms with Gasteiger partial charge in [0.1, 0.15) is 0 Å². The first-order valence-electron chi connectivity index (χ1n) is 4.27. The molecule has 0 N–H and O–H groups in total. The Bertz CT molecular complexity index is 62.2. The molecule has 0 atom stereocenters. The van der Waals surface area contributed by atoms with E-state index >= 15 is 0 Å². The van der Waals surface area contributed by atoms with Crippen molar-refractivity contribution in [2.24, 2.45) is 0 Å². The molecule has 9 heavy (non-hydrogen) atoms. The minimum atomic E-state index is 0.820. The second-order valence-corrected chi connectivity index (χ2v) is 5.27. The van der Waals surface area contributed by atoms with Crippen LogP contribution in [-0.2, 0) is 0 Å². The fourth-order valence-electron chi connectivity index (χ4n) is 1.70. The summed E-state index contributed by atoms with van der Waals surface area (Å²) in [5.41, 5.74) is 1.18. The lowest BCUT2D eigenvalue weighted by molar-refractivity contribution is 0.500. The minimum Gasteiger partial charge on any atom is -0.0682 e. The standard InChI is InChI=1S/C8H17Si/c1-2-9-8-6-4-3-5-7-8/h8-9H,2-7H2,1H3. The first kappa shape index (κ1) is 7.33. The molecule has 0 aromatic carbocycles. The van der Waals surface area contributed by atoms with Crippen molar-refractivity contribution in [1.29, 1.82) is 0 Å². The van der Waals surface area contributed by atoms with E-state index < -0.39 is 0 Å². The van der Waals surface area contributed by atoms with Crippen LogP contribution < -0.4 is 0 Å². The van der Waals surface area contributed by atoms with Gasteiger partial charge in [0.15, 0.2) is 0 Å². The normalized spacial score (nSPS) is 22.3. The predicted molar refractivity (Wildman–Crippen MR) is 44.5 cm³/mol. The van der Waals surface area contributed by atoms with Gasteiger partial charge in [-0.1, -0.05) is 50.6 Å². The number of hydrogen-bond acceptors (Lipinski definition) is 0. The Balaban J connectivity index is 2.08. The van der Waals surface area contributed by atoms with Crippen LogP contribution in [0.4, 0.5) is 0 Å². The highest BCUT2D eigenvalue weighted by atomic mass is 28.2. The number of rotatable bonds is 2. The van der Waals surface area contributed by atoms with Gasteiger partial charge in [-0.15, -0.1) is 0 Å². The second-order valence-electron chi connectivity index (χ2n) is 3.04. The van der Waals surface area contributed by atoms with E-state index in [-0.39, 0.29) is 0 Å². The Morgan fingerprint density at radius 3 is 2.44 bits per heavy atom. The van der Waals surface area contributed by atoms with Crippen molar-refractivity contribution in [2.45, 2.75) is 50.6 Å². The molecule has 0 saturated heterocycles. The van der Waals surface area contributed by atoms with Crippen molar-refractivity contribution in [3.63, 3.8) is 0 Å². The monoisotopic (exact) mass is 141 g/mol. The maximum atomic E-state index is 2.34. The van der Waals surface area contributed by atoms with E-state index in [1.807, 2.05) is 0 Å². The van der Waals surface area contributed by atoms with Crippen LogP contribution in [0.3, 0.4) is 0 Å². The van der Waals surface area contributed by atoms with E-state index in [1.165, 1.54) is 30.8 Å². The zero-order chi connectivity index (χ0) is 6.53. The molecule has 53 valence electrons. The molecule has 0 heterocycles. The van der Waals surface area contributed by atoms with Crippen LogP contribution in [0.1, 0.15) is 39.0 Å². The Hall–Kier alpha value is 0.217. The fraction of sp³-hybridized carbons (Fsp3) is 1.00. The Kier molecular flexibility index (Phi) is 3.34. The van der Waals surface area contributed by atoms with Gasteiger partial charge in [-0.3, -0.25) is 0 Å². The van der Waals surface area contributed by atoms with Crippen LogP contribution in [0.5, 0.6) is 0 Å². The van der Waals surface area contributed by atoms with Crippen LogP contribution in [0.15, 0.2) is 0 Å². The highest BCUT2D eigenvalue weighted by Gasteiger charge is 2.11. The van der Waals surface area contributed by atoms with E-state index in [4.69, 9.17) is 0 Å². The quantitative estimate of drug-likeness (QED) is 0.519. The Morgan fingerprint density at radius 1 is 1.22 bits per heavy atom. The van der Waals surface area contributed by atoms with Crippen molar-refractivity contribution in [3.8, 4) is 0 Å². The van der Waals surface area contributed by atoms with Crippen LogP contribution in [0.25, 0.3) is 0 Å². The second kappa shape index (κ2) is 4.10. The maximum absolute atomic E-state index is 2.34. The molecule has 0 aromatic heterocycles. The van der Waals surface area contributed by atoms with Gasteiger partial charge in [-0.05, 0) is 0 Å². The van der Waals surface area contributed by atoms with Crippen molar-refractivity contribution in [2.75, 3.05) is 0 Å². The molecule has 0 aromatic rings. The van der Waals surface area contributed by atoms with Gasteiger partial charge < -0.3 is 0 Å². The van der Waals surface area contributed by atoms with Gasteiger partial charge in [-0.2, -0.15) is 0 Å². The summed E-state index contributed by atoms with van der Waals surface area (Å²) in [6, 6.07) is 1.48. The molecule has 1 aliphatic carbocycles. The highest BCUT2D eigenvalue weighted by Crippen LogP contribution is 2.27. The third-order valence-electron chi connectivity index (χ3n) is 2.22. The topological polar surface area (TPSA) is 0 Å². The molecule has 1 radical (unpaired) electrons. The smallest absolute Gasteiger partial charge is 0.0311 e. The Labute approximate surface area is 60.9 Å². The highest BCUT2D eigenvalue weighted by molar-refractivity contribution is 6.37. The predicted octanol–water partition coefficient (Wildman–Crippen LogP) is 2.61. The zero-order valence-electron chi connectivity index (χ0n) is 6.40. The first-order chi connectivity index (χ1) is 4.43. The average molecular weight is 141 g/mol. The molecule has 0 bridgehead atoms. The van der Waals surface area contributed by atoms with E-state index in [2.05, 4.69) is 6.92 Å². The average Bonchev–Trinajstić information content (AvgIpc) is 1.91.